The molecule has 3 N–H and O–H groups in total. The number of hydrogen-bond acceptors (Lipinski definition) is 5. The minimum atomic E-state index is -0.281. The Morgan fingerprint density at radius 1 is 0.756 bits per heavy atom. The third-order valence-corrected chi connectivity index (χ3v) is 7.16. The number of H-pyrrole nitrogens is 2. The second-order valence-corrected chi connectivity index (χ2v) is 10.2. The molecule has 0 saturated carbocycles. The Labute approximate surface area is 235 Å². The SMILES string of the molecule is Cc1cc(F)cc(-c2nccc3[nH]c(-c4n[nH]c5ncc(-c6cncc(CNCc7ccccc7)c6)cc45)cc23)c1. The summed E-state index contributed by atoms with van der Waals surface area (Å²) in [5, 5.41) is 12.9. The highest BCUT2D eigenvalue weighted by atomic mass is 19.1. The minimum Gasteiger partial charge on any atom is -0.353 e. The number of pyridine rings is 3. The Hall–Kier alpha value is -5.21. The molecular formula is C33H26FN7. The lowest BCUT2D eigenvalue weighted by Gasteiger charge is -2.07. The van der Waals surface area contributed by atoms with Crippen LogP contribution in [0.2, 0.25) is 0 Å². The maximum Gasteiger partial charge on any atom is 0.155 e. The zero-order valence-electron chi connectivity index (χ0n) is 22.3. The molecule has 0 atom stereocenters. The van der Waals surface area contributed by atoms with Crippen LogP contribution in [0.25, 0.3) is 55.7 Å². The molecule has 0 unspecified atom stereocenters. The van der Waals surface area contributed by atoms with E-state index < -0.39 is 0 Å². The summed E-state index contributed by atoms with van der Waals surface area (Å²) >= 11 is 0. The van der Waals surface area contributed by atoms with Gasteiger partial charge in [-0.2, -0.15) is 5.10 Å². The molecule has 0 saturated heterocycles. The fourth-order valence-electron chi connectivity index (χ4n) is 5.24. The third kappa shape index (κ3) is 4.97. The standard InChI is InChI=1S/C33H26FN7/c1-20-9-23(12-26(34)10-20)31-27-14-30(39-29(27)7-8-37-31)32-28-13-25(19-38-33(28)41-40-32)24-11-22(17-36-18-24)16-35-15-21-5-3-2-4-6-21/h2-14,17-19,35,39H,15-16H2,1H3,(H,38,40,41). The van der Waals surface area contributed by atoms with Crippen LogP contribution in [0.5, 0.6) is 0 Å². The van der Waals surface area contributed by atoms with E-state index in [0.717, 1.165) is 67.7 Å². The molecule has 0 spiro atoms. The molecule has 0 fully saturated rings. The van der Waals surface area contributed by atoms with Crippen molar-refractivity contribution >= 4 is 21.9 Å². The first kappa shape index (κ1) is 24.8. The van der Waals surface area contributed by atoms with Crippen molar-refractivity contribution in [3.8, 4) is 33.8 Å². The number of aryl methyl sites for hydroxylation is 1. The van der Waals surface area contributed by atoms with Gasteiger partial charge in [-0.1, -0.05) is 30.3 Å². The van der Waals surface area contributed by atoms with Crippen LogP contribution >= 0.6 is 0 Å². The van der Waals surface area contributed by atoms with Gasteiger partial charge in [-0.05, 0) is 66.1 Å². The average Bonchev–Trinajstić information content (AvgIpc) is 3.61. The van der Waals surface area contributed by atoms with E-state index in [0.29, 0.717) is 12.2 Å². The van der Waals surface area contributed by atoms with E-state index in [-0.39, 0.29) is 5.82 Å². The van der Waals surface area contributed by atoms with Gasteiger partial charge in [0.2, 0.25) is 0 Å². The van der Waals surface area contributed by atoms with E-state index >= 15 is 0 Å². The zero-order chi connectivity index (χ0) is 27.8. The van der Waals surface area contributed by atoms with Gasteiger partial charge in [0, 0.05) is 70.9 Å². The second kappa shape index (κ2) is 10.4. The second-order valence-electron chi connectivity index (χ2n) is 10.2. The van der Waals surface area contributed by atoms with Gasteiger partial charge in [0.1, 0.15) is 11.5 Å². The van der Waals surface area contributed by atoms with Crippen molar-refractivity contribution in [3.63, 3.8) is 0 Å². The number of halogens is 1. The summed E-state index contributed by atoms with van der Waals surface area (Å²) in [6.07, 6.45) is 7.30. The lowest BCUT2D eigenvalue weighted by atomic mass is 10.0. The number of aromatic nitrogens is 6. The Balaban J connectivity index is 1.21. The average molecular weight is 540 g/mol. The quantitative estimate of drug-likeness (QED) is 0.203. The number of nitrogens with zero attached hydrogens (tertiary/aromatic N) is 4. The summed E-state index contributed by atoms with van der Waals surface area (Å²) in [7, 11) is 0. The number of rotatable bonds is 7. The van der Waals surface area contributed by atoms with Crippen LogP contribution in [0.3, 0.4) is 0 Å². The van der Waals surface area contributed by atoms with Gasteiger partial charge in [-0.25, -0.2) is 9.37 Å². The van der Waals surface area contributed by atoms with Crippen molar-refractivity contribution in [2.24, 2.45) is 0 Å². The molecular weight excluding hydrogens is 513 g/mol. The molecule has 5 heterocycles. The topological polar surface area (TPSA) is 95.2 Å². The highest BCUT2D eigenvalue weighted by molar-refractivity contribution is 6.00. The van der Waals surface area contributed by atoms with Crippen molar-refractivity contribution in [1.29, 1.82) is 0 Å². The van der Waals surface area contributed by atoms with Crippen molar-refractivity contribution in [3.05, 3.63) is 120 Å². The summed E-state index contributed by atoms with van der Waals surface area (Å²) in [6, 6.07) is 23.4. The first-order valence-corrected chi connectivity index (χ1v) is 13.4. The number of fused-ring (bicyclic) bond motifs is 2. The first-order valence-electron chi connectivity index (χ1n) is 13.4. The van der Waals surface area contributed by atoms with E-state index in [4.69, 9.17) is 0 Å². The van der Waals surface area contributed by atoms with E-state index in [1.165, 1.54) is 17.7 Å². The van der Waals surface area contributed by atoms with Gasteiger partial charge in [0.15, 0.2) is 5.65 Å². The van der Waals surface area contributed by atoms with E-state index in [1.807, 2.05) is 61.9 Å². The van der Waals surface area contributed by atoms with Crippen LogP contribution in [-0.2, 0) is 13.1 Å². The Bertz CT molecular complexity index is 1990. The smallest absolute Gasteiger partial charge is 0.155 e. The summed E-state index contributed by atoms with van der Waals surface area (Å²) in [5.74, 6) is -0.281. The van der Waals surface area contributed by atoms with Crippen LogP contribution in [0.4, 0.5) is 4.39 Å². The Morgan fingerprint density at radius 3 is 2.49 bits per heavy atom. The summed E-state index contributed by atoms with van der Waals surface area (Å²) < 4.78 is 14.2. The fraction of sp³-hybridized carbons (Fsp3) is 0.0909. The van der Waals surface area contributed by atoms with Crippen molar-refractivity contribution in [2.75, 3.05) is 0 Å². The highest BCUT2D eigenvalue weighted by Crippen LogP contribution is 2.34. The predicted octanol–water partition coefficient (Wildman–Crippen LogP) is 6.97. The van der Waals surface area contributed by atoms with Crippen molar-refractivity contribution < 1.29 is 4.39 Å². The van der Waals surface area contributed by atoms with Gasteiger partial charge in [-0.15, -0.1) is 0 Å². The minimum absolute atomic E-state index is 0.281. The van der Waals surface area contributed by atoms with Crippen molar-refractivity contribution in [1.82, 2.24) is 35.5 Å². The molecule has 0 aliphatic heterocycles. The molecule has 200 valence electrons. The summed E-state index contributed by atoms with van der Waals surface area (Å²) in [4.78, 5) is 17.2. The molecule has 0 aliphatic rings. The van der Waals surface area contributed by atoms with Gasteiger partial charge in [0.25, 0.3) is 0 Å². The number of hydrogen-bond donors (Lipinski definition) is 3. The molecule has 7 aromatic rings. The van der Waals surface area contributed by atoms with Gasteiger partial charge >= 0.3 is 0 Å². The molecule has 5 aromatic heterocycles. The number of aromatic amines is 2. The normalized spacial score (nSPS) is 11.5. The van der Waals surface area contributed by atoms with Gasteiger partial charge in [-0.3, -0.25) is 15.1 Å². The van der Waals surface area contributed by atoms with E-state index in [9.17, 15) is 4.39 Å². The highest BCUT2D eigenvalue weighted by Gasteiger charge is 2.16. The zero-order valence-corrected chi connectivity index (χ0v) is 22.3. The number of benzene rings is 2. The molecule has 0 radical (unpaired) electrons. The van der Waals surface area contributed by atoms with E-state index in [2.05, 4.69) is 59.7 Å². The monoisotopic (exact) mass is 539 g/mol. The molecule has 2 aromatic carbocycles. The molecule has 7 rings (SSSR count). The molecule has 7 nitrogen and oxygen atoms in total. The molecule has 41 heavy (non-hydrogen) atoms. The molecule has 0 aliphatic carbocycles. The van der Waals surface area contributed by atoms with Gasteiger partial charge in [0.05, 0.1) is 11.4 Å². The lowest BCUT2D eigenvalue weighted by Crippen LogP contribution is -2.12. The Morgan fingerprint density at radius 2 is 1.61 bits per heavy atom. The van der Waals surface area contributed by atoms with Gasteiger partial charge < -0.3 is 10.3 Å². The number of nitrogens with one attached hydrogen (secondary N) is 3. The van der Waals surface area contributed by atoms with Crippen LogP contribution in [0.15, 0.2) is 97.6 Å². The maximum atomic E-state index is 14.2. The molecule has 0 amide bonds. The van der Waals surface area contributed by atoms with Crippen molar-refractivity contribution in [2.45, 2.75) is 20.0 Å². The fourth-order valence-corrected chi connectivity index (χ4v) is 5.24. The molecule has 0 bridgehead atoms. The Kier molecular flexibility index (Phi) is 6.29. The van der Waals surface area contributed by atoms with Crippen LogP contribution in [0.1, 0.15) is 16.7 Å². The van der Waals surface area contributed by atoms with Crippen LogP contribution < -0.4 is 5.32 Å². The predicted molar refractivity (Wildman–Crippen MR) is 159 cm³/mol. The lowest BCUT2D eigenvalue weighted by molar-refractivity contribution is 0.627. The molecule has 8 heteroatoms. The van der Waals surface area contributed by atoms with Crippen LogP contribution in [-0.4, -0.2) is 30.1 Å². The van der Waals surface area contributed by atoms with Crippen LogP contribution in [0, 0.1) is 12.7 Å². The first-order chi connectivity index (χ1) is 20.1. The largest absolute Gasteiger partial charge is 0.353 e. The third-order valence-electron chi connectivity index (χ3n) is 7.16. The summed E-state index contributed by atoms with van der Waals surface area (Å²) in [5.41, 5.74) is 9.72. The summed E-state index contributed by atoms with van der Waals surface area (Å²) in [6.45, 7) is 3.37. The maximum absolute atomic E-state index is 14.2. The van der Waals surface area contributed by atoms with E-state index in [1.54, 1.807) is 6.20 Å².